The van der Waals surface area contributed by atoms with E-state index in [-0.39, 0.29) is 5.82 Å². The van der Waals surface area contributed by atoms with Crippen LogP contribution < -0.4 is 0 Å². The van der Waals surface area contributed by atoms with E-state index < -0.39 is 0 Å². The van der Waals surface area contributed by atoms with E-state index in [1.807, 2.05) is 6.07 Å². The molecule has 3 rings (SSSR count). The molecule has 2 aliphatic carbocycles. The quantitative estimate of drug-likeness (QED) is 0.512. The zero-order valence-corrected chi connectivity index (χ0v) is 16.8. The van der Waals surface area contributed by atoms with Gasteiger partial charge in [-0.05, 0) is 73.8 Å². The fraction of sp³-hybridized carbons (Fsp3) is 0.750. The molecule has 0 spiro atoms. The molecule has 2 heteroatoms. The minimum Gasteiger partial charge on any atom is -0.380 e. The Morgan fingerprint density at radius 3 is 2.08 bits per heavy atom. The predicted octanol–water partition coefficient (Wildman–Crippen LogP) is 6.93. The Morgan fingerprint density at radius 2 is 1.54 bits per heavy atom. The first-order valence-electron chi connectivity index (χ1n) is 11.0. The molecule has 0 N–H and O–H groups in total. The molecule has 1 nitrogen and oxygen atoms in total. The number of methoxy groups -OCH3 is 1. The molecule has 0 bridgehead atoms. The highest BCUT2D eigenvalue weighted by Gasteiger charge is 2.30. The van der Waals surface area contributed by atoms with Crippen molar-refractivity contribution in [2.45, 2.75) is 84.2 Å². The van der Waals surface area contributed by atoms with Crippen molar-refractivity contribution in [3.63, 3.8) is 0 Å². The smallest absolute Gasteiger partial charge is 0.128 e. The van der Waals surface area contributed by atoms with E-state index in [2.05, 4.69) is 13.0 Å². The van der Waals surface area contributed by atoms with E-state index in [1.165, 1.54) is 64.2 Å². The summed E-state index contributed by atoms with van der Waals surface area (Å²) in [6, 6.07) is 5.68. The second kappa shape index (κ2) is 9.88. The van der Waals surface area contributed by atoms with Crippen molar-refractivity contribution in [2.24, 2.45) is 23.7 Å². The molecule has 146 valence electrons. The van der Waals surface area contributed by atoms with Gasteiger partial charge in [0, 0.05) is 12.7 Å². The van der Waals surface area contributed by atoms with Crippen LogP contribution in [0, 0.1) is 29.5 Å². The molecule has 0 aromatic heterocycles. The van der Waals surface area contributed by atoms with Gasteiger partial charge in [-0.3, -0.25) is 0 Å². The Bertz CT molecular complexity index is 539. The third kappa shape index (κ3) is 5.31. The van der Waals surface area contributed by atoms with E-state index in [1.54, 1.807) is 13.2 Å². The fourth-order valence-electron chi connectivity index (χ4n) is 5.41. The highest BCUT2D eigenvalue weighted by Crippen LogP contribution is 2.42. The van der Waals surface area contributed by atoms with Crippen molar-refractivity contribution in [2.75, 3.05) is 7.11 Å². The molecule has 2 saturated carbocycles. The highest BCUT2D eigenvalue weighted by molar-refractivity contribution is 5.24. The Morgan fingerprint density at radius 1 is 0.923 bits per heavy atom. The maximum atomic E-state index is 14.0. The molecule has 0 radical (unpaired) electrons. The van der Waals surface area contributed by atoms with Crippen LogP contribution >= 0.6 is 0 Å². The summed E-state index contributed by atoms with van der Waals surface area (Å²) in [5, 5.41) is 0. The van der Waals surface area contributed by atoms with Crippen LogP contribution in [0.3, 0.4) is 0 Å². The average molecular weight is 361 g/mol. The first-order chi connectivity index (χ1) is 12.7. The van der Waals surface area contributed by atoms with E-state index in [4.69, 9.17) is 4.74 Å². The fourth-order valence-corrected chi connectivity index (χ4v) is 5.41. The number of aryl methyl sites for hydroxylation is 1. The summed E-state index contributed by atoms with van der Waals surface area (Å²) in [6.45, 7) is 2.71. The Labute approximate surface area is 159 Å². The minimum atomic E-state index is -0.115. The maximum absolute atomic E-state index is 14.0. The molecular formula is C24H37FO. The van der Waals surface area contributed by atoms with Gasteiger partial charge in [0.15, 0.2) is 0 Å². The lowest BCUT2D eigenvalue weighted by atomic mass is 9.68. The van der Waals surface area contributed by atoms with Gasteiger partial charge in [0.1, 0.15) is 5.82 Å². The van der Waals surface area contributed by atoms with Crippen LogP contribution in [0.2, 0.25) is 0 Å². The summed E-state index contributed by atoms with van der Waals surface area (Å²) in [5.41, 5.74) is 1.80. The molecule has 1 aromatic carbocycles. The van der Waals surface area contributed by atoms with Crippen LogP contribution in [0.1, 0.15) is 82.3 Å². The van der Waals surface area contributed by atoms with E-state index in [9.17, 15) is 4.39 Å². The lowest BCUT2D eigenvalue weighted by molar-refractivity contribution is 0.142. The van der Waals surface area contributed by atoms with Crippen LogP contribution in [-0.4, -0.2) is 7.11 Å². The number of rotatable bonds is 7. The normalized spacial score (nSPS) is 29.7. The molecule has 0 amide bonds. The van der Waals surface area contributed by atoms with Crippen molar-refractivity contribution in [1.29, 1.82) is 0 Å². The highest BCUT2D eigenvalue weighted by atomic mass is 19.1. The van der Waals surface area contributed by atoms with Gasteiger partial charge in [-0.2, -0.15) is 0 Å². The van der Waals surface area contributed by atoms with Gasteiger partial charge < -0.3 is 4.74 Å². The standard InChI is InChI=1S/C24H37FO/c1-3-18-6-11-21(12-7-18)22-13-8-19(9-14-22)4-5-20-10-15-23(17-26-2)24(25)16-20/h10,15-16,18-19,21-22H,3-9,11-14,17H2,1-2H3. The van der Waals surface area contributed by atoms with Gasteiger partial charge in [-0.1, -0.05) is 51.2 Å². The van der Waals surface area contributed by atoms with E-state index >= 15 is 0 Å². The molecule has 0 aliphatic heterocycles. The molecule has 0 heterocycles. The van der Waals surface area contributed by atoms with E-state index in [0.29, 0.717) is 12.2 Å². The summed E-state index contributed by atoms with van der Waals surface area (Å²) in [5.74, 6) is 3.75. The summed E-state index contributed by atoms with van der Waals surface area (Å²) >= 11 is 0. The van der Waals surface area contributed by atoms with Gasteiger partial charge in [-0.25, -0.2) is 4.39 Å². The van der Waals surface area contributed by atoms with Gasteiger partial charge in [-0.15, -0.1) is 0 Å². The van der Waals surface area contributed by atoms with Gasteiger partial charge >= 0.3 is 0 Å². The van der Waals surface area contributed by atoms with Crippen molar-refractivity contribution < 1.29 is 9.13 Å². The molecular weight excluding hydrogens is 323 g/mol. The first-order valence-corrected chi connectivity index (χ1v) is 11.0. The molecule has 2 aliphatic rings. The largest absolute Gasteiger partial charge is 0.380 e. The lowest BCUT2D eigenvalue weighted by Gasteiger charge is -2.37. The SMILES string of the molecule is CCC1CCC(C2CCC(CCc3ccc(COC)c(F)c3)CC2)CC1. The monoisotopic (exact) mass is 360 g/mol. The second-order valence-electron chi connectivity index (χ2n) is 8.87. The number of hydrogen-bond donors (Lipinski definition) is 0. The Hall–Kier alpha value is -0.890. The molecule has 2 fully saturated rings. The minimum absolute atomic E-state index is 0.115. The van der Waals surface area contributed by atoms with Gasteiger partial charge in [0.05, 0.1) is 6.61 Å². The number of hydrogen-bond acceptors (Lipinski definition) is 1. The predicted molar refractivity (Wildman–Crippen MR) is 107 cm³/mol. The van der Waals surface area contributed by atoms with Gasteiger partial charge in [0.25, 0.3) is 0 Å². The summed E-state index contributed by atoms with van der Waals surface area (Å²) in [6.07, 6.45) is 15.2. The third-order valence-corrected chi connectivity index (χ3v) is 7.29. The summed E-state index contributed by atoms with van der Waals surface area (Å²) < 4.78 is 19.1. The van der Waals surface area contributed by atoms with Crippen LogP contribution in [0.5, 0.6) is 0 Å². The summed E-state index contributed by atoms with van der Waals surface area (Å²) in [7, 11) is 1.61. The zero-order valence-electron chi connectivity index (χ0n) is 16.8. The van der Waals surface area contributed by atoms with Gasteiger partial charge in [0.2, 0.25) is 0 Å². The molecule has 0 atom stereocenters. The van der Waals surface area contributed by atoms with Crippen molar-refractivity contribution in [1.82, 2.24) is 0 Å². The molecule has 26 heavy (non-hydrogen) atoms. The van der Waals surface area contributed by atoms with E-state index in [0.717, 1.165) is 35.7 Å². The van der Waals surface area contributed by atoms with Crippen LogP contribution in [-0.2, 0) is 17.8 Å². The van der Waals surface area contributed by atoms with Crippen LogP contribution in [0.4, 0.5) is 4.39 Å². The Balaban J connectivity index is 1.40. The Kier molecular flexibility index (Phi) is 7.54. The number of benzene rings is 1. The molecule has 0 saturated heterocycles. The number of ether oxygens (including phenoxy) is 1. The maximum Gasteiger partial charge on any atom is 0.128 e. The molecule has 1 aromatic rings. The topological polar surface area (TPSA) is 9.23 Å². The third-order valence-electron chi connectivity index (χ3n) is 7.29. The molecule has 0 unspecified atom stereocenters. The van der Waals surface area contributed by atoms with Crippen molar-refractivity contribution in [3.8, 4) is 0 Å². The van der Waals surface area contributed by atoms with Crippen molar-refractivity contribution >= 4 is 0 Å². The second-order valence-corrected chi connectivity index (χ2v) is 8.87. The zero-order chi connectivity index (χ0) is 18.4. The summed E-state index contributed by atoms with van der Waals surface area (Å²) in [4.78, 5) is 0. The first kappa shape index (κ1) is 19.9. The van der Waals surface area contributed by atoms with Crippen LogP contribution in [0.25, 0.3) is 0 Å². The number of halogens is 1. The van der Waals surface area contributed by atoms with Crippen LogP contribution in [0.15, 0.2) is 18.2 Å². The van der Waals surface area contributed by atoms with Crippen molar-refractivity contribution in [3.05, 3.63) is 35.1 Å². The lowest BCUT2D eigenvalue weighted by Crippen LogP contribution is -2.25. The average Bonchev–Trinajstić information content (AvgIpc) is 2.69.